The lowest BCUT2D eigenvalue weighted by atomic mass is 9.97. The fourth-order valence-corrected chi connectivity index (χ4v) is 5.31. The van der Waals surface area contributed by atoms with E-state index in [1.165, 1.54) is 33.4 Å². The van der Waals surface area contributed by atoms with Gasteiger partial charge in [-0.05, 0) is 59.0 Å². The molecule has 0 saturated carbocycles. The predicted octanol–water partition coefficient (Wildman–Crippen LogP) is 3.79. The van der Waals surface area contributed by atoms with Crippen LogP contribution in [0.4, 0.5) is 0 Å². The van der Waals surface area contributed by atoms with Crippen LogP contribution in [0.3, 0.4) is 0 Å². The Balaban J connectivity index is 1.40. The zero-order valence-corrected chi connectivity index (χ0v) is 20.5. The summed E-state index contributed by atoms with van der Waals surface area (Å²) in [7, 11) is 0. The van der Waals surface area contributed by atoms with E-state index in [1.54, 1.807) is 22.7 Å². The molecule has 8 heteroatoms. The summed E-state index contributed by atoms with van der Waals surface area (Å²) < 4.78 is 0. The lowest BCUT2D eigenvalue weighted by molar-refractivity contribution is 0.179. The maximum atomic E-state index is 4.86. The molecule has 6 nitrogen and oxygen atoms in total. The number of piperidine rings is 1. The number of rotatable bonds is 9. The molecule has 2 N–H and O–H groups in total. The zero-order valence-electron chi connectivity index (χ0n) is 18.8. The van der Waals surface area contributed by atoms with Crippen LogP contribution >= 0.6 is 22.7 Å². The van der Waals surface area contributed by atoms with E-state index in [0.29, 0.717) is 5.92 Å². The molecule has 2 aromatic rings. The number of likely N-dealkylation sites (tertiary alicyclic amines) is 1. The molecule has 0 aliphatic carbocycles. The molecule has 1 saturated heterocycles. The number of guanidine groups is 1. The van der Waals surface area contributed by atoms with Gasteiger partial charge in [0.15, 0.2) is 5.96 Å². The lowest BCUT2D eigenvalue weighted by Gasteiger charge is -2.30. The summed E-state index contributed by atoms with van der Waals surface area (Å²) in [5.41, 5.74) is 2.39. The molecule has 0 spiro atoms. The Morgan fingerprint density at radius 3 is 2.60 bits per heavy atom. The smallest absolute Gasteiger partial charge is 0.191 e. The second kappa shape index (κ2) is 11.8. The first-order chi connectivity index (χ1) is 14.6. The van der Waals surface area contributed by atoms with Gasteiger partial charge in [0, 0.05) is 42.9 Å². The maximum absolute atomic E-state index is 4.86. The second-order valence-electron chi connectivity index (χ2n) is 7.95. The van der Waals surface area contributed by atoms with E-state index < -0.39 is 0 Å². The van der Waals surface area contributed by atoms with Crippen LogP contribution < -0.4 is 10.6 Å². The van der Waals surface area contributed by atoms with Crippen LogP contribution in [0.15, 0.2) is 10.4 Å². The van der Waals surface area contributed by atoms with Gasteiger partial charge in [-0.3, -0.25) is 9.89 Å². The van der Waals surface area contributed by atoms with Crippen LogP contribution in [0, 0.1) is 19.8 Å². The molecule has 0 atom stereocenters. The van der Waals surface area contributed by atoms with Crippen molar-refractivity contribution in [2.75, 3.05) is 32.7 Å². The Morgan fingerprint density at radius 1 is 1.17 bits per heavy atom. The predicted molar refractivity (Wildman–Crippen MR) is 129 cm³/mol. The van der Waals surface area contributed by atoms with Crippen LogP contribution in [0.5, 0.6) is 0 Å². The highest BCUT2D eigenvalue weighted by atomic mass is 32.1. The van der Waals surface area contributed by atoms with Crippen LogP contribution in [-0.2, 0) is 19.4 Å². The number of aromatic nitrogens is 2. The first-order valence-corrected chi connectivity index (χ1v) is 12.9. The Hall–Kier alpha value is -1.51. The van der Waals surface area contributed by atoms with Gasteiger partial charge >= 0.3 is 0 Å². The summed E-state index contributed by atoms with van der Waals surface area (Å²) in [5.74, 6) is 1.60. The normalized spacial score (nSPS) is 16.2. The van der Waals surface area contributed by atoms with Gasteiger partial charge in [-0.1, -0.05) is 6.92 Å². The van der Waals surface area contributed by atoms with Gasteiger partial charge < -0.3 is 10.6 Å². The fourth-order valence-electron chi connectivity index (χ4n) is 3.64. The minimum absolute atomic E-state index is 0.669. The molecular formula is C22H36N6S2. The third-order valence-electron chi connectivity index (χ3n) is 5.55. The van der Waals surface area contributed by atoms with E-state index >= 15 is 0 Å². The number of thiazole rings is 2. The summed E-state index contributed by atoms with van der Waals surface area (Å²) in [5, 5.41) is 11.5. The van der Waals surface area contributed by atoms with Crippen LogP contribution in [0.25, 0.3) is 0 Å². The summed E-state index contributed by atoms with van der Waals surface area (Å²) in [6, 6.07) is 0. The highest BCUT2D eigenvalue weighted by molar-refractivity contribution is 7.11. The molecule has 1 aliphatic rings. The highest BCUT2D eigenvalue weighted by Gasteiger charge is 2.20. The van der Waals surface area contributed by atoms with Crippen molar-refractivity contribution in [3.05, 3.63) is 31.7 Å². The minimum Gasteiger partial charge on any atom is -0.357 e. The number of hydrogen-bond acceptors (Lipinski definition) is 6. The van der Waals surface area contributed by atoms with Crippen molar-refractivity contribution in [3.63, 3.8) is 0 Å². The van der Waals surface area contributed by atoms with Gasteiger partial charge in [0.25, 0.3) is 0 Å². The zero-order chi connectivity index (χ0) is 21.3. The first-order valence-electron chi connectivity index (χ1n) is 11.2. The SMILES string of the molecule is CCNC(=NCC1CCN(Cc2csc(CC)n2)CC1)NCCc1nc(C)c(C)s1. The molecule has 166 valence electrons. The van der Waals surface area contributed by atoms with Crippen molar-refractivity contribution in [2.45, 2.75) is 59.9 Å². The maximum Gasteiger partial charge on any atom is 0.191 e. The average Bonchev–Trinajstić information content (AvgIpc) is 3.33. The van der Waals surface area contributed by atoms with E-state index in [1.807, 2.05) is 0 Å². The standard InChI is InChI=1S/C22H36N6S2/c1-5-20-27-19(15-29-20)14-28-11-8-18(9-12-28)13-25-22(23-6-2)24-10-7-21-26-16(3)17(4)30-21/h15,18H,5-14H2,1-4H3,(H2,23,24,25). The van der Waals surface area contributed by atoms with E-state index in [-0.39, 0.29) is 0 Å². The van der Waals surface area contributed by atoms with Gasteiger partial charge in [-0.2, -0.15) is 0 Å². The van der Waals surface area contributed by atoms with Crippen LogP contribution in [-0.4, -0.2) is 53.6 Å². The van der Waals surface area contributed by atoms with Gasteiger partial charge in [-0.15, -0.1) is 22.7 Å². The van der Waals surface area contributed by atoms with Gasteiger partial charge in [0.2, 0.25) is 0 Å². The van der Waals surface area contributed by atoms with E-state index in [4.69, 9.17) is 9.98 Å². The largest absolute Gasteiger partial charge is 0.357 e. The van der Waals surface area contributed by atoms with Gasteiger partial charge in [0.05, 0.1) is 21.4 Å². The molecule has 0 bridgehead atoms. The number of hydrogen-bond donors (Lipinski definition) is 2. The van der Waals surface area contributed by atoms with Crippen molar-refractivity contribution in [2.24, 2.45) is 10.9 Å². The molecule has 1 aliphatic heterocycles. The molecule has 3 heterocycles. The molecule has 1 fully saturated rings. The summed E-state index contributed by atoms with van der Waals surface area (Å²) in [4.78, 5) is 18.1. The quantitative estimate of drug-likeness (QED) is 0.451. The topological polar surface area (TPSA) is 65.4 Å². The van der Waals surface area contributed by atoms with E-state index in [9.17, 15) is 0 Å². The van der Waals surface area contributed by atoms with Crippen LogP contribution in [0.2, 0.25) is 0 Å². The first kappa shape index (κ1) is 23.2. The highest BCUT2D eigenvalue weighted by Crippen LogP contribution is 2.20. The van der Waals surface area contributed by atoms with Gasteiger partial charge in [-0.25, -0.2) is 9.97 Å². The van der Waals surface area contributed by atoms with Crippen LogP contribution in [0.1, 0.15) is 53.0 Å². The number of aliphatic imine (C=N–C) groups is 1. The molecule has 2 aromatic heterocycles. The number of nitrogens with zero attached hydrogens (tertiary/aromatic N) is 4. The van der Waals surface area contributed by atoms with Crippen molar-refractivity contribution in [1.82, 2.24) is 25.5 Å². The molecule has 3 rings (SSSR count). The van der Waals surface area contributed by atoms with E-state index in [2.05, 4.69) is 53.6 Å². The molecular weight excluding hydrogens is 412 g/mol. The molecule has 0 aromatic carbocycles. The Bertz CT molecular complexity index is 785. The van der Waals surface area contributed by atoms with Crippen molar-refractivity contribution in [3.8, 4) is 0 Å². The number of aryl methyl sites for hydroxylation is 3. The van der Waals surface area contributed by atoms with E-state index in [0.717, 1.165) is 63.8 Å². The summed E-state index contributed by atoms with van der Waals surface area (Å²) in [6.07, 6.45) is 4.41. The van der Waals surface area contributed by atoms with Crippen molar-refractivity contribution < 1.29 is 0 Å². The number of nitrogens with one attached hydrogen (secondary N) is 2. The average molecular weight is 449 g/mol. The molecule has 0 unspecified atom stereocenters. The van der Waals surface area contributed by atoms with Gasteiger partial charge in [0.1, 0.15) is 0 Å². The fraction of sp³-hybridized carbons (Fsp3) is 0.682. The molecule has 0 radical (unpaired) electrons. The summed E-state index contributed by atoms with van der Waals surface area (Å²) >= 11 is 3.59. The molecule has 0 amide bonds. The third kappa shape index (κ3) is 7.03. The lowest BCUT2D eigenvalue weighted by Crippen LogP contribution is -2.39. The van der Waals surface area contributed by atoms with Crippen molar-refractivity contribution >= 4 is 28.6 Å². The second-order valence-corrected chi connectivity index (χ2v) is 10.2. The van der Waals surface area contributed by atoms with Crippen molar-refractivity contribution in [1.29, 1.82) is 0 Å². The third-order valence-corrected chi connectivity index (χ3v) is 7.73. The summed E-state index contributed by atoms with van der Waals surface area (Å²) in [6.45, 7) is 14.4. The Labute approximate surface area is 189 Å². The Kier molecular flexibility index (Phi) is 9.08. The minimum atomic E-state index is 0.669. The monoisotopic (exact) mass is 448 g/mol. The Morgan fingerprint density at radius 2 is 1.97 bits per heavy atom. The molecule has 30 heavy (non-hydrogen) atoms.